The summed E-state index contributed by atoms with van der Waals surface area (Å²) in [5.74, 6) is 0. The SMILES string of the molecule is Cc1sc(C=C(C#N)C#N)cc1C1=C(c2cc(/C=C/c3ccc(N(c4ccccc4)c4ccccc4)cc3)sc2C)CCC1. The maximum atomic E-state index is 9.18. The molecule has 0 bridgehead atoms. The third-order valence-corrected chi connectivity index (χ3v) is 9.90. The average Bonchev–Trinajstić information content (AvgIpc) is 3.78. The topological polar surface area (TPSA) is 50.8 Å². The number of hydrogen-bond donors (Lipinski definition) is 0. The highest BCUT2D eigenvalue weighted by Gasteiger charge is 2.22. The smallest absolute Gasteiger partial charge is 0.131 e. The molecule has 0 amide bonds. The Morgan fingerprint density at radius 3 is 1.70 bits per heavy atom. The van der Waals surface area contributed by atoms with Gasteiger partial charge in [-0.2, -0.15) is 10.5 Å². The first-order valence-corrected chi connectivity index (χ1v) is 16.3. The summed E-state index contributed by atoms with van der Waals surface area (Å²) in [6.45, 7) is 4.36. The minimum Gasteiger partial charge on any atom is -0.311 e. The number of thiophene rings is 2. The fourth-order valence-electron chi connectivity index (χ4n) is 5.85. The molecule has 3 aromatic carbocycles. The van der Waals surface area contributed by atoms with Crippen molar-refractivity contribution < 1.29 is 0 Å². The molecule has 0 saturated heterocycles. The van der Waals surface area contributed by atoms with Gasteiger partial charge in [-0.25, -0.2) is 0 Å². The van der Waals surface area contributed by atoms with Crippen LogP contribution in [0.4, 0.5) is 17.1 Å². The zero-order valence-electron chi connectivity index (χ0n) is 24.7. The average molecular weight is 606 g/mol. The van der Waals surface area contributed by atoms with E-state index < -0.39 is 0 Å². The first kappa shape index (κ1) is 29.1. The molecule has 0 radical (unpaired) electrons. The van der Waals surface area contributed by atoms with E-state index in [1.165, 1.54) is 36.9 Å². The molecule has 1 aliphatic rings. The number of rotatable bonds is 8. The number of anilines is 3. The second-order valence-corrected chi connectivity index (χ2v) is 13.3. The van der Waals surface area contributed by atoms with E-state index in [1.807, 2.05) is 35.6 Å². The van der Waals surface area contributed by atoms with Crippen LogP contribution in [0.25, 0.3) is 29.4 Å². The van der Waals surface area contributed by atoms with Gasteiger partial charge < -0.3 is 4.90 Å². The Kier molecular flexibility index (Phi) is 8.71. The van der Waals surface area contributed by atoms with Crippen LogP contribution in [0.3, 0.4) is 0 Å². The summed E-state index contributed by atoms with van der Waals surface area (Å²) in [7, 11) is 0. The molecule has 0 saturated carbocycles. The van der Waals surface area contributed by atoms with Crippen LogP contribution >= 0.6 is 22.7 Å². The lowest BCUT2D eigenvalue weighted by molar-refractivity contribution is 0.941. The molecule has 2 heterocycles. The lowest BCUT2D eigenvalue weighted by atomic mass is 9.97. The van der Waals surface area contributed by atoms with Crippen molar-refractivity contribution in [2.45, 2.75) is 33.1 Å². The normalized spacial score (nSPS) is 12.7. The monoisotopic (exact) mass is 605 g/mol. The van der Waals surface area contributed by atoms with Crippen molar-refractivity contribution in [3.63, 3.8) is 0 Å². The molecule has 6 rings (SSSR count). The Balaban J connectivity index is 1.25. The summed E-state index contributed by atoms with van der Waals surface area (Å²) in [6, 6.07) is 38.1. The van der Waals surface area contributed by atoms with Gasteiger partial charge in [0.2, 0.25) is 0 Å². The zero-order chi connectivity index (χ0) is 30.5. The number of hydrogen-bond acceptors (Lipinski definition) is 5. The molecule has 44 heavy (non-hydrogen) atoms. The third-order valence-electron chi connectivity index (χ3n) is 7.89. The van der Waals surface area contributed by atoms with Gasteiger partial charge in [0.15, 0.2) is 0 Å². The number of nitrogens with zero attached hydrogens (tertiary/aromatic N) is 3. The lowest BCUT2D eigenvalue weighted by Crippen LogP contribution is -2.09. The predicted octanol–water partition coefficient (Wildman–Crippen LogP) is 11.6. The molecule has 0 aliphatic heterocycles. The number of allylic oxidation sites excluding steroid dienone is 3. The van der Waals surface area contributed by atoms with Crippen LogP contribution in [0, 0.1) is 36.5 Å². The summed E-state index contributed by atoms with van der Waals surface area (Å²) in [4.78, 5) is 7.04. The standard InChI is InChI=1S/C39H31N3S2/c1-27-38(36-14-9-15-37(36)39-24-35(44-28(39)2)22-30(25-40)26-41)23-34(43-27)21-18-29-16-19-33(20-17-29)42(31-10-5-3-6-11-31)32-12-7-4-8-13-32/h3-8,10-13,16-24H,9,14-15H2,1-2H3/b21-18+. The van der Waals surface area contributed by atoms with Gasteiger partial charge in [-0.3, -0.25) is 0 Å². The molecule has 5 heteroatoms. The van der Waals surface area contributed by atoms with Crippen molar-refractivity contribution in [3.05, 3.63) is 139 Å². The van der Waals surface area contributed by atoms with Gasteiger partial charge in [0.05, 0.1) is 0 Å². The number of benzene rings is 3. The number of aryl methyl sites for hydroxylation is 2. The van der Waals surface area contributed by atoms with Gasteiger partial charge in [-0.15, -0.1) is 22.7 Å². The second-order valence-electron chi connectivity index (χ2n) is 10.8. The van der Waals surface area contributed by atoms with Crippen LogP contribution in [0.15, 0.2) is 103 Å². The van der Waals surface area contributed by atoms with Crippen LogP contribution < -0.4 is 4.90 Å². The first-order valence-electron chi connectivity index (χ1n) is 14.7. The van der Waals surface area contributed by atoms with Crippen molar-refractivity contribution in [2.24, 2.45) is 0 Å². The van der Waals surface area contributed by atoms with Crippen molar-refractivity contribution in [1.29, 1.82) is 10.5 Å². The second kappa shape index (κ2) is 13.1. The van der Waals surface area contributed by atoms with Crippen molar-refractivity contribution in [1.82, 2.24) is 0 Å². The van der Waals surface area contributed by atoms with Gasteiger partial charge in [0.1, 0.15) is 17.7 Å². The molecule has 0 atom stereocenters. The molecular weight excluding hydrogens is 575 g/mol. The maximum absolute atomic E-state index is 9.18. The minimum atomic E-state index is 0.142. The molecule has 0 N–H and O–H groups in total. The highest BCUT2D eigenvalue weighted by Crippen LogP contribution is 2.45. The Morgan fingerprint density at radius 1 is 0.659 bits per heavy atom. The predicted molar refractivity (Wildman–Crippen MR) is 188 cm³/mol. The van der Waals surface area contributed by atoms with Crippen LogP contribution in [-0.4, -0.2) is 0 Å². The Bertz CT molecular complexity index is 1900. The summed E-state index contributed by atoms with van der Waals surface area (Å²) in [5, 5.41) is 18.4. The number of para-hydroxylation sites is 2. The van der Waals surface area contributed by atoms with Gasteiger partial charge in [-0.05, 0) is 122 Å². The molecule has 1 aliphatic carbocycles. The molecule has 5 aromatic rings. The van der Waals surface area contributed by atoms with Crippen molar-refractivity contribution in [3.8, 4) is 12.1 Å². The van der Waals surface area contributed by atoms with Crippen LogP contribution in [0.5, 0.6) is 0 Å². The Morgan fingerprint density at radius 2 is 1.16 bits per heavy atom. The van der Waals surface area contributed by atoms with Gasteiger partial charge in [-0.1, -0.05) is 54.6 Å². The number of nitriles is 2. The van der Waals surface area contributed by atoms with E-state index in [1.54, 1.807) is 17.4 Å². The van der Waals surface area contributed by atoms with Crippen LogP contribution in [-0.2, 0) is 0 Å². The van der Waals surface area contributed by atoms with Crippen LogP contribution in [0.1, 0.15) is 55.5 Å². The van der Waals surface area contributed by atoms with Crippen LogP contribution in [0.2, 0.25) is 0 Å². The highest BCUT2D eigenvalue weighted by molar-refractivity contribution is 7.13. The van der Waals surface area contributed by atoms with E-state index in [2.05, 4.69) is 116 Å². The summed E-state index contributed by atoms with van der Waals surface area (Å²) in [5.41, 5.74) is 10.1. The van der Waals surface area contributed by atoms with Crippen molar-refractivity contribution >= 4 is 69.1 Å². The maximum Gasteiger partial charge on any atom is 0.131 e. The summed E-state index contributed by atoms with van der Waals surface area (Å²) < 4.78 is 0. The summed E-state index contributed by atoms with van der Waals surface area (Å²) in [6.07, 6.45) is 9.38. The molecule has 0 fully saturated rings. The largest absolute Gasteiger partial charge is 0.311 e. The van der Waals surface area contributed by atoms with Gasteiger partial charge >= 0.3 is 0 Å². The quantitative estimate of drug-likeness (QED) is 0.165. The van der Waals surface area contributed by atoms with E-state index in [4.69, 9.17) is 0 Å². The highest BCUT2D eigenvalue weighted by atomic mass is 32.1. The van der Waals surface area contributed by atoms with E-state index >= 15 is 0 Å². The first-order chi connectivity index (χ1) is 21.5. The van der Waals surface area contributed by atoms with Gasteiger partial charge in [0, 0.05) is 36.6 Å². The Hall–Kier alpha value is -4.94. The fourth-order valence-corrected chi connectivity index (χ4v) is 7.80. The molecule has 0 unspecified atom stereocenters. The van der Waals surface area contributed by atoms with E-state index in [0.717, 1.165) is 46.8 Å². The molecule has 3 nitrogen and oxygen atoms in total. The molecule has 214 valence electrons. The molecule has 2 aromatic heterocycles. The zero-order valence-corrected chi connectivity index (χ0v) is 26.4. The molecular formula is C39H31N3S2. The fraction of sp³-hybridized carbons (Fsp3) is 0.128. The van der Waals surface area contributed by atoms with E-state index in [0.29, 0.717) is 0 Å². The minimum absolute atomic E-state index is 0.142. The van der Waals surface area contributed by atoms with Gasteiger partial charge in [0.25, 0.3) is 0 Å². The Labute approximate surface area is 267 Å². The lowest BCUT2D eigenvalue weighted by Gasteiger charge is -2.25. The van der Waals surface area contributed by atoms with E-state index in [-0.39, 0.29) is 5.57 Å². The molecule has 0 spiro atoms. The van der Waals surface area contributed by atoms with E-state index in [9.17, 15) is 10.5 Å². The summed E-state index contributed by atoms with van der Waals surface area (Å²) >= 11 is 3.48. The van der Waals surface area contributed by atoms with Crippen molar-refractivity contribution in [2.75, 3.05) is 4.90 Å². The third kappa shape index (κ3) is 6.21.